The van der Waals surface area contributed by atoms with E-state index in [1.807, 2.05) is 37.4 Å². The Labute approximate surface area is 140 Å². The number of benzene rings is 1. The molecule has 1 aromatic carbocycles. The van der Waals surface area contributed by atoms with Crippen LogP contribution in [0.3, 0.4) is 0 Å². The van der Waals surface area contributed by atoms with Crippen LogP contribution in [0.5, 0.6) is 0 Å². The largest absolute Gasteiger partial charge is 0.373 e. The lowest BCUT2D eigenvalue weighted by Crippen LogP contribution is -1.96. The van der Waals surface area contributed by atoms with Crippen molar-refractivity contribution in [3.8, 4) is 11.3 Å². The van der Waals surface area contributed by atoms with E-state index < -0.39 is 0 Å². The highest BCUT2D eigenvalue weighted by molar-refractivity contribution is 6.35. The monoisotopic (exact) mass is 321 g/mol. The Morgan fingerprint density at radius 2 is 1.96 bits per heavy atom. The van der Waals surface area contributed by atoms with Gasteiger partial charge in [0.1, 0.15) is 5.82 Å². The first kappa shape index (κ1) is 15.3. The molecule has 0 bridgehead atoms. The molecular weight excluding hydrogens is 306 g/mol. The van der Waals surface area contributed by atoms with Crippen molar-refractivity contribution in [1.82, 2.24) is 9.97 Å². The average Bonchev–Trinajstić information content (AvgIpc) is 2.60. The zero-order valence-electron chi connectivity index (χ0n) is 12.8. The van der Waals surface area contributed by atoms with Crippen LogP contribution in [0.25, 0.3) is 34.3 Å². The van der Waals surface area contributed by atoms with Crippen LogP contribution in [0.2, 0.25) is 5.02 Å². The van der Waals surface area contributed by atoms with Gasteiger partial charge in [-0.2, -0.15) is 0 Å². The van der Waals surface area contributed by atoms with Crippen LogP contribution >= 0.6 is 11.6 Å². The molecular formula is C19H16ClN3. The van der Waals surface area contributed by atoms with Gasteiger partial charge in [0.2, 0.25) is 0 Å². The summed E-state index contributed by atoms with van der Waals surface area (Å²) in [6.45, 7) is 7.62. The lowest BCUT2D eigenvalue weighted by atomic mass is 10.1. The van der Waals surface area contributed by atoms with Gasteiger partial charge in [-0.25, -0.2) is 9.97 Å². The molecule has 0 spiro atoms. The Morgan fingerprint density at radius 3 is 2.65 bits per heavy atom. The normalized spacial score (nSPS) is 10.5. The summed E-state index contributed by atoms with van der Waals surface area (Å²) in [6, 6.07) is 9.76. The van der Waals surface area contributed by atoms with Gasteiger partial charge in [-0.1, -0.05) is 49.0 Å². The Balaban J connectivity index is 2.19. The molecule has 3 rings (SSSR count). The fraction of sp³-hybridized carbons (Fsp3) is 0.0526. The number of nitrogens with one attached hydrogen (secondary N) is 1. The Morgan fingerprint density at radius 1 is 1.13 bits per heavy atom. The number of halogens is 1. The lowest BCUT2D eigenvalue weighted by Gasteiger charge is -2.09. The minimum absolute atomic E-state index is 0.665. The third-order valence-corrected chi connectivity index (χ3v) is 4.00. The molecule has 0 fully saturated rings. The Hall–Kier alpha value is -2.65. The summed E-state index contributed by atoms with van der Waals surface area (Å²) in [5.74, 6) is 0.782. The summed E-state index contributed by atoms with van der Waals surface area (Å²) in [5.41, 5.74) is 4.44. The topological polar surface area (TPSA) is 37.8 Å². The van der Waals surface area contributed by atoms with Crippen molar-refractivity contribution in [2.45, 2.75) is 0 Å². The number of fused-ring (bicyclic) bond motifs is 1. The number of hydrogen-bond acceptors (Lipinski definition) is 3. The molecule has 3 nitrogen and oxygen atoms in total. The molecule has 0 saturated heterocycles. The maximum Gasteiger partial charge on any atom is 0.132 e. The van der Waals surface area contributed by atoms with Gasteiger partial charge < -0.3 is 5.32 Å². The van der Waals surface area contributed by atoms with E-state index in [1.54, 1.807) is 18.3 Å². The fourth-order valence-corrected chi connectivity index (χ4v) is 2.73. The van der Waals surface area contributed by atoms with Crippen LogP contribution in [0, 0.1) is 0 Å². The number of aromatic nitrogens is 2. The second kappa shape index (κ2) is 6.23. The summed E-state index contributed by atoms with van der Waals surface area (Å²) >= 11 is 6.42. The smallest absolute Gasteiger partial charge is 0.132 e. The fourth-order valence-electron chi connectivity index (χ4n) is 2.46. The van der Waals surface area contributed by atoms with E-state index >= 15 is 0 Å². The third-order valence-electron chi connectivity index (χ3n) is 3.69. The molecule has 23 heavy (non-hydrogen) atoms. The molecule has 0 unspecified atom stereocenters. The molecule has 0 radical (unpaired) electrons. The van der Waals surface area contributed by atoms with Crippen LogP contribution in [0.4, 0.5) is 5.82 Å². The molecule has 0 saturated carbocycles. The van der Waals surface area contributed by atoms with Crippen molar-refractivity contribution < 1.29 is 0 Å². The van der Waals surface area contributed by atoms with E-state index in [-0.39, 0.29) is 0 Å². The molecule has 1 N–H and O–H groups in total. The summed E-state index contributed by atoms with van der Waals surface area (Å²) in [4.78, 5) is 9.13. The van der Waals surface area contributed by atoms with E-state index in [0.717, 1.165) is 39.1 Å². The molecule has 0 atom stereocenters. The van der Waals surface area contributed by atoms with Gasteiger partial charge in [-0.05, 0) is 23.8 Å². The van der Waals surface area contributed by atoms with Gasteiger partial charge in [0, 0.05) is 29.8 Å². The van der Waals surface area contributed by atoms with E-state index in [4.69, 9.17) is 16.6 Å². The van der Waals surface area contributed by atoms with Crippen LogP contribution < -0.4 is 5.32 Å². The van der Waals surface area contributed by atoms with Crippen LogP contribution in [-0.4, -0.2) is 17.0 Å². The zero-order valence-corrected chi connectivity index (χ0v) is 13.6. The Bertz CT molecular complexity index is 916. The van der Waals surface area contributed by atoms with Crippen molar-refractivity contribution in [3.05, 3.63) is 65.8 Å². The summed E-state index contributed by atoms with van der Waals surface area (Å²) in [6.07, 6.45) is 5.34. The minimum Gasteiger partial charge on any atom is -0.373 e. The molecule has 2 aromatic heterocycles. The van der Waals surface area contributed by atoms with E-state index in [1.165, 1.54) is 0 Å². The number of nitrogens with zero attached hydrogens (tertiary/aromatic N) is 2. The summed E-state index contributed by atoms with van der Waals surface area (Å²) in [5, 5.41) is 4.63. The number of pyridine rings is 2. The Kier molecular flexibility index (Phi) is 4.13. The molecule has 0 amide bonds. The molecule has 0 aliphatic rings. The zero-order chi connectivity index (χ0) is 16.4. The van der Waals surface area contributed by atoms with Crippen molar-refractivity contribution in [2.75, 3.05) is 12.4 Å². The highest BCUT2D eigenvalue weighted by Crippen LogP contribution is 2.30. The lowest BCUT2D eigenvalue weighted by molar-refractivity contribution is 1.26. The second-order valence-electron chi connectivity index (χ2n) is 5.09. The van der Waals surface area contributed by atoms with Crippen molar-refractivity contribution in [3.63, 3.8) is 0 Å². The number of hydrogen-bond donors (Lipinski definition) is 1. The molecule has 4 heteroatoms. The maximum atomic E-state index is 6.42. The first-order chi connectivity index (χ1) is 11.2. The first-order valence-corrected chi connectivity index (χ1v) is 7.57. The predicted octanol–water partition coefficient (Wildman–Crippen LogP) is 5.28. The highest BCUT2D eigenvalue weighted by Gasteiger charge is 2.09. The maximum absolute atomic E-state index is 6.42. The van der Waals surface area contributed by atoms with E-state index in [2.05, 4.69) is 23.5 Å². The molecule has 0 aliphatic carbocycles. The summed E-state index contributed by atoms with van der Waals surface area (Å²) in [7, 11) is 1.83. The number of anilines is 1. The van der Waals surface area contributed by atoms with Crippen molar-refractivity contribution in [1.29, 1.82) is 0 Å². The van der Waals surface area contributed by atoms with Gasteiger partial charge in [0.25, 0.3) is 0 Å². The molecule has 0 aliphatic heterocycles. The highest BCUT2D eigenvalue weighted by atomic mass is 35.5. The van der Waals surface area contributed by atoms with Gasteiger partial charge >= 0.3 is 0 Å². The minimum atomic E-state index is 0.665. The SMILES string of the molecule is C=Cc1ccc2c(Cl)cc(-c3cnc(NC)c(C=C)c3)nc2c1. The average molecular weight is 322 g/mol. The second-order valence-corrected chi connectivity index (χ2v) is 5.49. The predicted molar refractivity (Wildman–Crippen MR) is 99.7 cm³/mol. The van der Waals surface area contributed by atoms with Gasteiger partial charge in [0.15, 0.2) is 0 Å². The van der Waals surface area contributed by atoms with Crippen LogP contribution in [0.1, 0.15) is 11.1 Å². The third kappa shape index (κ3) is 2.83. The van der Waals surface area contributed by atoms with Crippen molar-refractivity contribution >= 4 is 40.5 Å². The summed E-state index contributed by atoms with van der Waals surface area (Å²) < 4.78 is 0. The van der Waals surface area contributed by atoms with Gasteiger partial charge in [-0.15, -0.1) is 0 Å². The van der Waals surface area contributed by atoms with E-state index in [9.17, 15) is 0 Å². The quantitative estimate of drug-likeness (QED) is 0.710. The molecule has 2 heterocycles. The van der Waals surface area contributed by atoms with Crippen LogP contribution in [0.15, 0.2) is 49.7 Å². The molecule has 3 aromatic rings. The van der Waals surface area contributed by atoms with Crippen LogP contribution in [-0.2, 0) is 0 Å². The van der Waals surface area contributed by atoms with Crippen molar-refractivity contribution in [2.24, 2.45) is 0 Å². The van der Waals surface area contributed by atoms with Gasteiger partial charge in [0.05, 0.1) is 16.2 Å². The standard InChI is InChI=1S/C19H16ClN3/c1-4-12-6-7-15-16(20)10-17(23-18(15)8-12)14-9-13(5-2)19(21-3)22-11-14/h4-11H,1-2H2,3H3,(H,21,22). The number of rotatable bonds is 4. The van der Waals surface area contributed by atoms with Gasteiger partial charge in [-0.3, -0.25) is 0 Å². The molecule has 114 valence electrons. The first-order valence-electron chi connectivity index (χ1n) is 7.19. The van der Waals surface area contributed by atoms with E-state index in [0.29, 0.717) is 5.02 Å².